The molecule has 170 valence electrons. The molecule has 0 fully saturated rings. The minimum atomic E-state index is -1.01. The van der Waals surface area contributed by atoms with E-state index in [0.29, 0.717) is 27.3 Å². The van der Waals surface area contributed by atoms with Gasteiger partial charge >= 0.3 is 5.97 Å². The Bertz CT molecular complexity index is 1460. The number of rotatable bonds is 7. The summed E-state index contributed by atoms with van der Waals surface area (Å²) in [5, 5.41) is 13.8. The molecular formula is C25H20N4O4S. The first-order valence-electron chi connectivity index (χ1n) is 10.3. The number of hydrogen-bond acceptors (Lipinski definition) is 6. The molecule has 8 nitrogen and oxygen atoms in total. The minimum absolute atomic E-state index is 0.00798. The Kier molecular flexibility index (Phi) is 6.84. The van der Waals surface area contributed by atoms with Gasteiger partial charge in [-0.2, -0.15) is 5.10 Å². The van der Waals surface area contributed by atoms with Crippen LogP contribution in [0.3, 0.4) is 0 Å². The molecule has 0 unspecified atom stereocenters. The van der Waals surface area contributed by atoms with Crippen LogP contribution in [0.5, 0.6) is 0 Å². The highest BCUT2D eigenvalue weighted by Crippen LogP contribution is 2.23. The third-order valence-corrected chi connectivity index (χ3v) is 5.93. The molecule has 3 aromatic carbocycles. The second-order valence-corrected chi connectivity index (χ2v) is 8.29. The Balaban J connectivity index is 1.53. The number of nitrogens with one attached hydrogen (secondary N) is 1. The van der Waals surface area contributed by atoms with Gasteiger partial charge in [0.1, 0.15) is 0 Å². The summed E-state index contributed by atoms with van der Waals surface area (Å²) in [5.74, 6) is -1.39. The Labute approximate surface area is 199 Å². The second-order valence-electron chi connectivity index (χ2n) is 7.35. The van der Waals surface area contributed by atoms with Gasteiger partial charge in [-0.25, -0.2) is 15.2 Å². The molecule has 0 atom stereocenters. The first-order chi connectivity index (χ1) is 16.4. The van der Waals surface area contributed by atoms with E-state index in [2.05, 4.69) is 15.5 Å². The number of benzene rings is 3. The Morgan fingerprint density at radius 2 is 1.76 bits per heavy atom. The zero-order valence-electron chi connectivity index (χ0n) is 18.1. The Hall–Kier alpha value is -4.24. The number of carboxylic acids is 1. The molecule has 0 radical (unpaired) electrons. The van der Waals surface area contributed by atoms with Gasteiger partial charge in [-0.05, 0) is 48.4 Å². The average molecular weight is 473 g/mol. The van der Waals surface area contributed by atoms with E-state index in [-0.39, 0.29) is 22.8 Å². The van der Waals surface area contributed by atoms with Crippen molar-refractivity contribution in [3.05, 3.63) is 99.8 Å². The van der Waals surface area contributed by atoms with Crippen molar-refractivity contribution < 1.29 is 14.7 Å². The van der Waals surface area contributed by atoms with Crippen molar-refractivity contribution in [3.63, 3.8) is 0 Å². The number of thioether (sulfide) groups is 1. The van der Waals surface area contributed by atoms with Crippen LogP contribution < -0.4 is 11.0 Å². The van der Waals surface area contributed by atoms with Crippen LogP contribution in [0.2, 0.25) is 0 Å². The molecule has 0 aliphatic carbocycles. The second kappa shape index (κ2) is 10.1. The van der Waals surface area contributed by atoms with E-state index in [0.717, 1.165) is 17.3 Å². The molecule has 2 N–H and O–H groups in total. The topological polar surface area (TPSA) is 114 Å². The first kappa shape index (κ1) is 22.9. The van der Waals surface area contributed by atoms with E-state index in [4.69, 9.17) is 5.11 Å². The third kappa shape index (κ3) is 5.05. The summed E-state index contributed by atoms with van der Waals surface area (Å²) in [6, 6.07) is 20.7. The van der Waals surface area contributed by atoms with Crippen LogP contribution >= 0.6 is 11.8 Å². The molecule has 0 spiro atoms. The summed E-state index contributed by atoms with van der Waals surface area (Å²) >= 11 is 1.14. The maximum Gasteiger partial charge on any atom is 0.335 e. The Morgan fingerprint density at radius 3 is 2.50 bits per heavy atom. The lowest BCUT2D eigenvalue weighted by atomic mass is 10.1. The van der Waals surface area contributed by atoms with E-state index >= 15 is 0 Å². The van der Waals surface area contributed by atoms with Gasteiger partial charge < -0.3 is 5.11 Å². The minimum Gasteiger partial charge on any atom is -0.478 e. The number of para-hydroxylation sites is 2. The molecule has 0 bridgehead atoms. The fourth-order valence-corrected chi connectivity index (χ4v) is 4.09. The summed E-state index contributed by atoms with van der Waals surface area (Å²) < 4.78 is 1.53. The number of carboxylic acid groups (broad SMARTS) is 1. The van der Waals surface area contributed by atoms with Gasteiger partial charge in [0, 0.05) is 0 Å². The van der Waals surface area contributed by atoms with Crippen LogP contribution in [0, 0.1) is 6.92 Å². The van der Waals surface area contributed by atoms with Crippen LogP contribution in [-0.4, -0.2) is 38.5 Å². The van der Waals surface area contributed by atoms with Crippen molar-refractivity contribution in [2.24, 2.45) is 5.10 Å². The monoisotopic (exact) mass is 472 g/mol. The average Bonchev–Trinajstić information content (AvgIpc) is 2.84. The molecule has 1 aromatic heterocycles. The van der Waals surface area contributed by atoms with Crippen LogP contribution in [0.4, 0.5) is 0 Å². The van der Waals surface area contributed by atoms with Crippen molar-refractivity contribution in [3.8, 4) is 5.69 Å². The number of fused-ring (bicyclic) bond motifs is 1. The molecule has 1 heterocycles. The lowest BCUT2D eigenvalue weighted by Gasteiger charge is -2.14. The van der Waals surface area contributed by atoms with Crippen molar-refractivity contribution in [1.29, 1.82) is 0 Å². The lowest BCUT2D eigenvalue weighted by Crippen LogP contribution is -2.24. The van der Waals surface area contributed by atoms with Crippen LogP contribution in [0.15, 0.2) is 87.8 Å². The summed E-state index contributed by atoms with van der Waals surface area (Å²) in [7, 11) is 0. The van der Waals surface area contributed by atoms with Gasteiger partial charge in [0.2, 0.25) is 0 Å². The van der Waals surface area contributed by atoms with Crippen LogP contribution in [-0.2, 0) is 4.79 Å². The normalized spacial score (nSPS) is 11.1. The summed E-state index contributed by atoms with van der Waals surface area (Å²) in [4.78, 5) is 41.2. The predicted molar refractivity (Wildman–Crippen MR) is 132 cm³/mol. The zero-order chi connectivity index (χ0) is 24.1. The zero-order valence-corrected chi connectivity index (χ0v) is 19.0. The largest absolute Gasteiger partial charge is 0.478 e. The third-order valence-electron chi connectivity index (χ3n) is 4.99. The number of carbonyl (C=O) groups is 2. The predicted octanol–water partition coefficient (Wildman–Crippen LogP) is 3.63. The number of aryl methyl sites for hydroxylation is 1. The highest BCUT2D eigenvalue weighted by molar-refractivity contribution is 7.99. The van der Waals surface area contributed by atoms with Gasteiger partial charge in [0.05, 0.1) is 34.1 Å². The lowest BCUT2D eigenvalue weighted by molar-refractivity contribution is -0.118. The number of carbonyl (C=O) groups excluding carboxylic acids is 1. The van der Waals surface area contributed by atoms with Crippen LogP contribution in [0.25, 0.3) is 16.6 Å². The molecule has 4 aromatic rings. The van der Waals surface area contributed by atoms with E-state index < -0.39 is 5.97 Å². The molecule has 1 amide bonds. The maximum absolute atomic E-state index is 13.3. The summed E-state index contributed by atoms with van der Waals surface area (Å²) in [5.41, 5.74) is 5.22. The smallest absolute Gasteiger partial charge is 0.335 e. The van der Waals surface area contributed by atoms with E-state index in [9.17, 15) is 14.4 Å². The molecular weight excluding hydrogens is 452 g/mol. The Morgan fingerprint density at radius 1 is 1.06 bits per heavy atom. The number of hydrogen-bond donors (Lipinski definition) is 2. The van der Waals surface area contributed by atoms with Gasteiger partial charge in [-0.15, -0.1) is 0 Å². The quantitative estimate of drug-likeness (QED) is 0.184. The SMILES string of the molecule is Cc1ccccc1-n1c(SCC(=O)N/N=C/c2ccc(C(=O)O)cc2)nc2ccccc2c1=O. The number of aromatic nitrogens is 2. The molecule has 34 heavy (non-hydrogen) atoms. The van der Waals surface area contributed by atoms with E-state index in [1.54, 1.807) is 30.3 Å². The molecule has 0 aliphatic rings. The number of aromatic carboxylic acids is 1. The molecule has 9 heteroatoms. The summed E-state index contributed by atoms with van der Waals surface area (Å²) in [6.07, 6.45) is 1.42. The van der Waals surface area contributed by atoms with Gasteiger partial charge in [0.15, 0.2) is 5.16 Å². The van der Waals surface area contributed by atoms with Crippen LogP contribution in [0.1, 0.15) is 21.5 Å². The van der Waals surface area contributed by atoms with Gasteiger partial charge in [0.25, 0.3) is 11.5 Å². The fraction of sp³-hybridized carbons (Fsp3) is 0.0800. The van der Waals surface area contributed by atoms with Gasteiger partial charge in [-0.1, -0.05) is 54.2 Å². The first-order valence-corrected chi connectivity index (χ1v) is 11.3. The van der Waals surface area contributed by atoms with Crippen molar-refractivity contribution >= 4 is 40.8 Å². The maximum atomic E-state index is 13.3. The standard InChI is InChI=1S/C25H20N4O4S/c1-16-6-2-5-9-21(16)29-23(31)19-7-3-4-8-20(19)27-25(29)34-15-22(30)28-26-14-17-10-12-18(13-11-17)24(32)33/h2-14H,15H2,1H3,(H,28,30)(H,32,33)/b26-14+. The molecule has 0 saturated carbocycles. The van der Waals surface area contributed by atoms with Crippen molar-refractivity contribution in [1.82, 2.24) is 15.0 Å². The van der Waals surface area contributed by atoms with Gasteiger partial charge in [-0.3, -0.25) is 14.2 Å². The highest BCUT2D eigenvalue weighted by Gasteiger charge is 2.15. The van der Waals surface area contributed by atoms with E-state index in [1.165, 1.54) is 22.9 Å². The molecule has 0 saturated heterocycles. The van der Waals surface area contributed by atoms with E-state index in [1.807, 2.05) is 37.3 Å². The number of amides is 1. The molecule has 4 rings (SSSR count). The molecule has 0 aliphatic heterocycles. The number of nitrogens with zero attached hydrogens (tertiary/aromatic N) is 3. The highest BCUT2D eigenvalue weighted by atomic mass is 32.2. The van der Waals surface area contributed by atoms with Crippen molar-refractivity contribution in [2.45, 2.75) is 12.1 Å². The summed E-state index contributed by atoms with van der Waals surface area (Å²) in [6.45, 7) is 1.91. The number of hydrazone groups is 1. The van der Waals surface area contributed by atoms with Crippen molar-refractivity contribution in [2.75, 3.05) is 5.75 Å². The fourth-order valence-electron chi connectivity index (χ4n) is 3.29.